The number of benzene rings is 1. The molecule has 0 unspecified atom stereocenters. The molecule has 1 fully saturated rings. The van der Waals surface area contributed by atoms with Crippen LogP contribution in [0.4, 0.5) is 0 Å². The number of nitrogens with one attached hydrogen (secondary N) is 2. The summed E-state index contributed by atoms with van der Waals surface area (Å²) in [7, 11) is 0. The van der Waals surface area contributed by atoms with E-state index in [2.05, 4.69) is 10.6 Å². The Bertz CT molecular complexity index is 785. The average molecular weight is 360 g/mol. The molecule has 0 saturated carbocycles. The highest BCUT2D eigenvalue weighted by Gasteiger charge is 2.20. The van der Waals surface area contributed by atoms with Crippen LogP contribution in [0.2, 0.25) is 0 Å². The molecule has 0 aliphatic carbocycles. The van der Waals surface area contributed by atoms with Gasteiger partial charge in [0.2, 0.25) is 0 Å². The molecule has 24 heavy (non-hydrogen) atoms. The zero-order valence-corrected chi connectivity index (χ0v) is 14.6. The summed E-state index contributed by atoms with van der Waals surface area (Å²) in [6.07, 6.45) is 1.72. The lowest BCUT2D eigenvalue weighted by molar-refractivity contribution is -0.115. The van der Waals surface area contributed by atoms with Crippen molar-refractivity contribution in [1.82, 2.24) is 10.6 Å². The van der Waals surface area contributed by atoms with Gasteiger partial charge in [-0.15, -0.1) is 11.3 Å². The van der Waals surface area contributed by atoms with Crippen LogP contribution in [0.5, 0.6) is 11.5 Å². The summed E-state index contributed by atoms with van der Waals surface area (Å²) in [5.74, 6) is 1.08. The molecule has 0 bridgehead atoms. The monoisotopic (exact) mass is 360 g/mol. The Morgan fingerprint density at radius 1 is 1.21 bits per heavy atom. The second-order valence-corrected chi connectivity index (χ2v) is 6.41. The minimum Gasteiger partial charge on any atom is -0.490 e. The lowest BCUT2D eigenvalue weighted by Gasteiger charge is -2.12. The van der Waals surface area contributed by atoms with Crippen LogP contribution in [0, 0.1) is 0 Å². The van der Waals surface area contributed by atoms with Crippen molar-refractivity contribution in [3.05, 3.63) is 51.8 Å². The van der Waals surface area contributed by atoms with Crippen LogP contribution in [0.15, 0.2) is 41.4 Å². The standard InChI is InChI=1S/C17H16N2O3S2/c1-2-21-15-9-11(8-13-16(20)19-17(23)18-13)5-6-14(15)22-10-12-4-3-7-24-12/h3-9H,2,10H2,1H3,(H2,18,19,20,23)/b13-8-. The van der Waals surface area contributed by atoms with E-state index in [4.69, 9.17) is 21.7 Å². The van der Waals surface area contributed by atoms with E-state index in [-0.39, 0.29) is 5.91 Å². The molecule has 0 atom stereocenters. The maximum Gasteiger partial charge on any atom is 0.273 e. The number of thiocarbonyl (C=S) groups is 1. The van der Waals surface area contributed by atoms with Gasteiger partial charge in [-0.25, -0.2) is 0 Å². The van der Waals surface area contributed by atoms with Gasteiger partial charge < -0.3 is 14.8 Å². The quantitative estimate of drug-likeness (QED) is 0.612. The molecule has 5 nitrogen and oxygen atoms in total. The van der Waals surface area contributed by atoms with E-state index in [0.29, 0.717) is 35.5 Å². The molecule has 124 valence electrons. The number of carbonyl (C=O) groups excluding carboxylic acids is 1. The van der Waals surface area contributed by atoms with Gasteiger partial charge in [-0.05, 0) is 54.4 Å². The number of rotatable bonds is 6. The molecule has 2 N–H and O–H groups in total. The van der Waals surface area contributed by atoms with E-state index in [1.54, 1.807) is 17.4 Å². The molecular weight excluding hydrogens is 344 g/mol. The van der Waals surface area contributed by atoms with Crippen molar-refractivity contribution in [2.24, 2.45) is 0 Å². The van der Waals surface area contributed by atoms with Gasteiger partial charge in [-0.2, -0.15) is 0 Å². The number of thiophene rings is 1. The number of hydrogen-bond donors (Lipinski definition) is 2. The van der Waals surface area contributed by atoms with E-state index in [1.807, 2.05) is 42.6 Å². The highest BCUT2D eigenvalue weighted by molar-refractivity contribution is 7.80. The maximum atomic E-state index is 11.7. The lowest BCUT2D eigenvalue weighted by atomic mass is 10.1. The third kappa shape index (κ3) is 3.93. The summed E-state index contributed by atoms with van der Waals surface area (Å²) in [5.41, 5.74) is 1.24. The fraction of sp³-hybridized carbons (Fsp3) is 0.176. The molecule has 1 saturated heterocycles. The topological polar surface area (TPSA) is 59.6 Å². The summed E-state index contributed by atoms with van der Waals surface area (Å²) in [6.45, 7) is 2.94. The molecule has 1 aromatic carbocycles. The summed E-state index contributed by atoms with van der Waals surface area (Å²) in [5, 5.41) is 7.68. The minimum absolute atomic E-state index is 0.240. The molecule has 1 amide bonds. The highest BCUT2D eigenvalue weighted by Crippen LogP contribution is 2.30. The molecular formula is C17H16N2O3S2. The fourth-order valence-electron chi connectivity index (χ4n) is 2.19. The number of carbonyl (C=O) groups is 1. The first-order valence-electron chi connectivity index (χ1n) is 7.42. The van der Waals surface area contributed by atoms with Gasteiger partial charge in [-0.3, -0.25) is 10.1 Å². The Morgan fingerprint density at radius 3 is 2.75 bits per heavy atom. The minimum atomic E-state index is -0.240. The number of hydrogen-bond acceptors (Lipinski definition) is 5. The molecule has 2 heterocycles. The van der Waals surface area contributed by atoms with Gasteiger partial charge in [0.05, 0.1) is 6.61 Å². The SMILES string of the molecule is CCOc1cc(/C=C2\NC(=S)NC2=O)ccc1OCc1cccs1. The van der Waals surface area contributed by atoms with E-state index < -0.39 is 0 Å². The predicted octanol–water partition coefficient (Wildman–Crippen LogP) is 3.07. The van der Waals surface area contributed by atoms with Crippen molar-refractivity contribution >= 4 is 40.7 Å². The molecule has 1 aromatic heterocycles. The second-order valence-electron chi connectivity index (χ2n) is 4.97. The van der Waals surface area contributed by atoms with Crippen molar-refractivity contribution in [2.45, 2.75) is 13.5 Å². The zero-order valence-electron chi connectivity index (χ0n) is 13.0. The normalized spacial score (nSPS) is 15.3. The van der Waals surface area contributed by atoms with Crippen LogP contribution in [0.1, 0.15) is 17.4 Å². The summed E-state index contributed by atoms with van der Waals surface area (Å²) < 4.78 is 11.5. The highest BCUT2D eigenvalue weighted by atomic mass is 32.1. The van der Waals surface area contributed by atoms with E-state index in [9.17, 15) is 4.79 Å². The predicted molar refractivity (Wildman–Crippen MR) is 98.1 cm³/mol. The Hall–Kier alpha value is -2.38. The molecule has 3 rings (SSSR count). The molecule has 2 aromatic rings. The summed E-state index contributed by atoms with van der Waals surface area (Å²) in [6, 6.07) is 9.58. The van der Waals surface area contributed by atoms with Crippen molar-refractivity contribution in [2.75, 3.05) is 6.61 Å². The smallest absolute Gasteiger partial charge is 0.273 e. The van der Waals surface area contributed by atoms with E-state index in [0.717, 1.165) is 10.4 Å². The first-order chi connectivity index (χ1) is 11.7. The number of ether oxygens (including phenoxy) is 2. The zero-order chi connectivity index (χ0) is 16.9. The summed E-state index contributed by atoms with van der Waals surface area (Å²) in [4.78, 5) is 12.9. The second kappa shape index (κ2) is 7.46. The van der Waals surface area contributed by atoms with Crippen LogP contribution >= 0.6 is 23.6 Å². The van der Waals surface area contributed by atoms with Crippen LogP contribution in [0.25, 0.3) is 6.08 Å². The number of amides is 1. The molecule has 1 aliphatic rings. The van der Waals surface area contributed by atoms with Gasteiger partial charge in [0.1, 0.15) is 12.3 Å². The lowest BCUT2D eigenvalue weighted by Crippen LogP contribution is -2.21. The third-order valence-corrected chi connectivity index (χ3v) is 4.30. The summed E-state index contributed by atoms with van der Waals surface area (Å²) >= 11 is 6.57. The Balaban J connectivity index is 1.80. The van der Waals surface area contributed by atoms with E-state index >= 15 is 0 Å². The third-order valence-electron chi connectivity index (χ3n) is 3.25. The van der Waals surface area contributed by atoms with Crippen molar-refractivity contribution in [1.29, 1.82) is 0 Å². The largest absolute Gasteiger partial charge is 0.490 e. The van der Waals surface area contributed by atoms with Gasteiger partial charge in [0.25, 0.3) is 5.91 Å². The van der Waals surface area contributed by atoms with Crippen LogP contribution in [-0.2, 0) is 11.4 Å². The Kier molecular flexibility index (Phi) is 5.12. The maximum absolute atomic E-state index is 11.7. The van der Waals surface area contributed by atoms with Gasteiger partial charge in [0.15, 0.2) is 16.6 Å². The van der Waals surface area contributed by atoms with Crippen molar-refractivity contribution in [3.63, 3.8) is 0 Å². The molecule has 1 aliphatic heterocycles. The molecule has 7 heteroatoms. The van der Waals surface area contributed by atoms with Crippen LogP contribution < -0.4 is 20.1 Å². The van der Waals surface area contributed by atoms with Crippen LogP contribution in [0.3, 0.4) is 0 Å². The fourth-order valence-corrected chi connectivity index (χ4v) is 3.01. The van der Waals surface area contributed by atoms with Gasteiger partial charge in [-0.1, -0.05) is 12.1 Å². The van der Waals surface area contributed by atoms with Crippen LogP contribution in [-0.4, -0.2) is 17.6 Å². The average Bonchev–Trinajstić information content (AvgIpc) is 3.17. The van der Waals surface area contributed by atoms with E-state index in [1.165, 1.54) is 0 Å². The Labute approximate surface area is 149 Å². The molecule has 0 spiro atoms. The van der Waals surface area contributed by atoms with Gasteiger partial charge >= 0.3 is 0 Å². The van der Waals surface area contributed by atoms with Crippen molar-refractivity contribution < 1.29 is 14.3 Å². The first-order valence-corrected chi connectivity index (χ1v) is 8.70. The molecule has 0 radical (unpaired) electrons. The Morgan fingerprint density at radius 2 is 2.08 bits per heavy atom. The first kappa shape index (κ1) is 16.5. The van der Waals surface area contributed by atoms with Crippen molar-refractivity contribution in [3.8, 4) is 11.5 Å². The van der Waals surface area contributed by atoms with Gasteiger partial charge in [0, 0.05) is 4.88 Å².